The second kappa shape index (κ2) is 6.52. The van der Waals surface area contributed by atoms with E-state index in [4.69, 9.17) is 4.74 Å². The Morgan fingerprint density at radius 2 is 1.52 bits per heavy atom. The zero-order valence-corrected chi connectivity index (χ0v) is 13.3. The minimum absolute atomic E-state index is 0.0405. The molecule has 2 aromatic rings. The largest absolute Gasteiger partial charge is 0.573 e. The smallest absolute Gasteiger partial charge is 0.489 e. The lowest BCUT2D eigenvalue weighted by molar-refractivity contribution is -0.274. The summed E-state index contributed by atoms with van der Waals surface area (Å²) in [6, 6.07) is 13.4. The Morgan fingerprint density at radius 3 is 2.17 bits per heavy atom. The van der Waals surface area contributed by atoms with Crippen LogP contribution in [0.3, 0.4) is 0 Å². The van der Waals surface area contributed by atoms with Crippen LogP contribution in [0.1, 0.15) is 31.9 Å². The summed E-state index contributed by atoms with van der Waals surface area (Å²) in [5, 5.41) is 0. The molecule has 2 aromatic carbocycles. The Hall–Kier alpha value is -2.17. The van der Waals surface area contributed by atoms with E-state index in [1.54, 1.807) is 6.07 Å². The highest BCUT2D eigenvalue weighted by Gasteiger charge is 2.31. The first-order chi connectivity index (χ1) is 10.6. The zero-order valence-electron chi connectivity index (χ0n) is 13.3. The molecular formula is C18H19F3O2. The highest BCUT2D eigenvalue weighted by Crippen LogP contribution is 2.29. The van der Waals surface area contributed by atoms with Crippen molar-refractivity contribution in [3.05, 3.63) is 59.7 Å². The number of benzene rings is 2. The highest BCUT2D eigenvalue weighted by atomic mass is 19.4. The molecule has 0 aliphatic heterocycles. The Labute approximate surface area is 133 Å². The van der Waals surface area contributed by atoms with Gasteiger partial charge < -0.3 is 9.47 Å². The van der Waals surface area contributed by atoms with Gasteiger partial charge in [0.25, 0.3) is 0 Å². The number of hydrogen-bond donors (Lipinski definition) is 0. The van der Waals surface area contributed by atoms with Crippen molar-refractivity contribution < 1.29 is 22.6 Å². The summed E-state index contributed by atoms with van der Waals surface area (Å²) in [6.07, 6.45) is -4.71. The Bertz CT molecular complexity index is 658. The van der Waals surface area contributed by atoms with Crippen LogP contribution in [0.4, 0.5) is 13.2 Å². The van der Waals surface area contributed by atoms with Crippen molar-refractivity contribution in [3.8, 4) is 11.5 Å². The molecule has 0 unspecified atom stereocenters. The summed E-state index contributed by atoms with van der Waals surface area (Å²) in [5.74, 6) is 0.0366. The predicted octanol–water partition coefficient (Wildman–Crippen LogP) is 5.46. The van der Waals surface area contributed by atoms with Crippen molar-refractivity contribution in [2.75, 3.05) is 0 Å². The molecule has 0 aliphatic carbocycles. The van der Waals surface area contributed by atoms with Crippen LogP contribution in [0, 0.1) is 0 Å². The molecule has 0 saturated carbocycles. The van der Waals surface area contributed by atoms with E-state index >= 15 is 0 Å². The first kappa shape index (κ1) is 17.2. The van der Waals surface area contributed by atoms with Crippen LogP contribution in [0.25, 0.3) is 0 Å². The van der Waals surface area contributed by atoms with E-state index in [2.05, 4.69) is 25.5 Å². The maximum absolute atomic E-state index is 12.2. The minimum Gasteiger partial charge on any atom is -0.489 e. The van der Waals surface area contributed by atoms with Gasteiger partial charge >= 0.3 is 6.36 Å². The number of alkyl halides is 3. The molecule has 0 atom stereocenters. The summed E-state index contributed by atoms with van der Waals surface area (Å²) < 4.78 is 46.3. The third-order valence-corrected chi connectivity index (χ3v) is 3.26. The predicted molar refractivity (Wildman–Crippen MR) is 82.6 cm³/mol. The molecule has 0 heterocycles. The highest BCUT2D eigenvalue weighted by molar-refractivity contribution is 5.35. The van der Waals surface area contributed by atoms with E-state index in [0.29, 0.717) is 5.75 Å². The van der Waals surface area contributed by atoms with Gasteiger partial charge in [-0.3, -0.25) is 0 Å². The average Bonchev–Trinajstić information content (AvgIpc) is 2.43. The van der Waals surface area contributed by atoms with Gasteiger partial charge in [0.2, 0.25) is 0 Å². The lowest BCUT2D eigenvalue weighted by atomic mass is 9.84. The van der Waals surface area contributed by atoms with Crippen LogP contribution in [-0.4, -0.2) is 6.36 Å². The van der Waals surface area contributed by atoms with E-state index in [1.165, 1.54) is 18.2 Å². The maximum atomic E-state index is 12.2. The first-order valence-electron chi connectivity index (χ1n) is 7.22. The van der Waals surface area contributed by atoms with Gasteiger partial charge in [0, 0.05) is 6.07 Å². The van der Waals surface area contributed by atoms with Crippen molar-refractivity contribution in [2.45, 2.75) is 39.2 Å². The van der Waals surface area contributed by atoms with Crippen LogP contribution < -0.4 is 9.47 Å². The quantitative estimate of drug-likeness (QED) is 0.743. The SMILES string of the molecule is CC(C)(C)c1ccccc1COc1cccc(OC(F)(F)F)c1. The van der Waals surface area contributed by atoms with Crippen LogP contribution in [-0.2, 0) is 12.0 Å². The number of rotatable bonds is 4. The molecule has 124 valence electrons. The number of ether oxygens (including phenoxy) is 2. The van der Waals surface area contributed by atoms with Gasteiger partial charge in [-0.2, -0.15) is 0 Å². The Kier molecular flexibility index (Phi) is 4.88. The number of halogens is 3. The number of hydrogen-bond acceptors (Lipinski definition) is 2. The monoisotopic (exact) mass is 324 g/mol. The van der Waals surface area contributed by atoms with Gasteiger partial charge in [-0.15, -0.1) is 13.2 Å². The van der Waals surface area contributed by atoms with Gasteiger partial charge in [0.15, 0.2) is 0 Å². The summed E-state index contributed by atoms with van der Waals surface area (Å²) in [4.78, 5) is 0. The normalized spacial score (nSPS) is 12.1. The molecule has 5 heteroatoms. The molecule has 0 N–H and O–H groups in total. The molecule has 2 rings (SSSR count). The van der Waals surface area contributed by atoms with E-state index in [9.17, 15) is 13.2 Å². The maximum Gasteiger partial charge on any atom is 0.573 e. The van der Waals surface area contributed by atoms with Crippen molar-refractivity contribution in [2.24, 2.45) is 0 Å². The van der Waals surface area contributed by atoms with Gasteiger partial charge in [0.1, 0.15) is 18.1 Å². The second-order valence-corrected chi connectivity index (χ2v) is 6.22. The zero-order chi connectivity index (χ0) is 17.1. The third-order valence-electron chi connectivity index (χ3n) is 3.26. The van der Waals surface area contributed by atoms with Crippen LogP contribution in [0.2, 0.25) is 0 Å². The second-order valence-electron chi connectivity index (χ2n) is 6.22. The van der Waals surface area contributed by atoms with Crippen molar-refractivity contribution in [1.82, 2.24) is 0 Å². The first-order valence-corrected chi connectivity index (χ1v) is 7.22. The molecule has 0 radical (unpaired) electrons. The average molecular weight is 324 g/mol. The van der Waals surface area contributed by atoms with Gasteiger partial charge in [-0.1, -0.05) is 51.1 Å². The molecule has 23 heavy (non-hydrogen) atoms. The van der Waals surface area contributed by atoms with E-state index in [-0.39, 0.29) is 17.8 Å². The Morgan fingerprint density at radius 1 is 0.870 bits per heavy atom. The van der Waals surface area contributed by atoms with Crippen molar-refractivity contribution in [3.63, 3.8) is 0 Å². The summed E-state index contributed by atoms with van der Waals surface area (Å²) in [6.45, 7) is 6.58. The van der Waals surface area contributed by atoms with E-state index in [1.807, 2.05) is 24.3 Å². The standard InChI is InChI=1S/C18H19F3O2/c1-17(2,3)16-10-5-4-7-13(16)12-22-14-8-6-9-15(11-14)23-18(19,20)21/h4-11H,12H2,1-3H3. The molecule has 0 fully saturated rings. The molecule has 0 spiro atoms. The van der Waals surface area contributed by atoms with E-state index in [0.717, 1.165) is 11.1 Å². The van der Waals surface area contributed by atoms with Crippen molar-refractivity contribution >= 4 is 0 Å². The molecular weight excluding hydrogens is 305 g/mol. The summed E-state index contributed by atoms with van der Waals surface area (Å²) in [5.41, 5.74) is 2.10. The Balaban J connectivity index is 2.12. The molecule has 0 aromatic heterocycles. The molecule has 2 nitrogen and oxygen atoms in total. The molecule has 0 aliphatic rings. The fraction of sp³-hybridized carbons (Fsp3) is 0.333. The topological polar surface area (TPSA) is 18.5 Å². The van der Waals surface area contributed by atoms with Crippen LogP contribution >= 0.6 is 0 Å². The summed E-state index contributed by atoms with van der Waals surface area (Å²) in [7, 11) is 0. The lowest BCUT2D eigenvalue weighted by Gasteiger charge is -2.23. The fourth-order valence-electron chi connectivity index (χ4n) is 2.30. The molecule has 0 bridgehead atoms. The van der Waals surface area contributed by atoms with Crippen LogP contribution in [0.5, 0.6) is 11.5 Å². The molecule has 0 saturated heterocycles. The van der Waals surface area contributed by atoms with Crippen LogP contribution in [0.15, 0.2) is 48.5 Å². The van der Waals surface area contributed by atoms with Crippen molar-refractivity contribution in [1.29, 1.82) is 0 Å². The lowest BCUT2D eigenvalue weighted by Crippen LogP contribution is -2.17. The van der Waals surface area contributed by atoms with Gasteiger partial charge in [-0.25, -0.2) is 0 Å². The minimum atomic E-state index is -4.71. The van der Waals surface area contributed by atoms with Gasteiger partial charge in [0.05, 0.1) is 0 Å². The molecule has 0 amide bonds. The summed E-state index contributed by atoms with van der Waals surface area (Å²) >= 11 is 0. The third kappa shape index (κ3) is 5.20. The van der Waals surface area contributed by atoms with Gasteiger partial charge in [-0.05, 0) is 28.7 Å². The van der Waals surface area contributed by atoms with E-state index < -0.39 is 6.36 Å². The fourth-order valence-corrected chi connectivity index (χ4v) is 2.30.